The zero-order chi connectivity index (χ0) is 22.4. The van der Waals surface area contributed by atoms with Gasteiger partial charge in [0, 0.05) is 6.54 Å². The fourth-order valence-corrected chi connectivity index (χ4v) is 5.59. The van der Waals surface area contributed by atoms with E-state index in [1.807, 2.05) is 6.92 Å². The van der Waals surface area contributed by atoms with Crippen molar-refractivity contribution in [2.45, 2.75) is 51.4 Å². The third-order valence-corrected chi connectivity index (χ3v) is 7.90. The molecule has 1 N–H and O–H groups in total. The average Bonchev–Trinajstić information content (AvgIpc) is 2.98. The average molecular weight is 455 g/mol. The van der Waals surface area contributed by atoms with Gasteiger partial charge in [-0.15, -0.1) is 0 Å². The Morgan fingerprint density at radius 2 is 2.00 bits per heavy atom. The van der Waals surface area contributed by atoms with Gasteiger partial charge in [0.2, 0.25) is 5.91 Å². The number of halogens is 1. The molecule has 9 heteroatoms. The number of imide groups is 1. The van der Waals surface area contributed by atoms with E-state index in [0.717, 1.165) is 18.4 Å². The van der Waals surface area contributed by atoms with Crippen molar-refractivity contribution in [3.63, 3.8) is 0 Å². The largest absolute Gasteiger partial charge is 0.490 e. The molecule has 0 radical (unpaired) electrons. The third kappa shape index (κ3) is 6.92. The predicted octanol–water partition coefficient (Wildman–Crippen LogP) is 3.25. The van der Waals surface area contributed by atoms with Gasteiger partial charge >= 0.3 is 6.03 Å². The second-order valence-corrected chi connectivity index (χ2v) is 10.9. The highest BCUT2D eigenvalue weighted by Gasteiger charge is 2.26. The van der Waals surface area contributed by atoms with E-state index in [0.29, 0.717) is 38.3 Å². The number of amides is 3. The molecule has 1 aliphatic heterocycles. The SMILES string of the molecule is C[C@@H](CS(=O)(=O)CCCCCN1CC(=O)NC1=O)c1ccc(F)c(OCC2CCC2)c1. The number of urea groups is 1. The standard InChI is InChI=1S/C22H31FN2O5S/c1-16(18-8-9-19(23)20(12-18)30-14-17-6-5-7-17)15-31(28,29)11-4-2-3-10-25-13-21(26)24-22(25)27/h8-9,12,16-17H,2-7,10-11,13-15H2,1H3,(H,24,26,27)/t16-/m0/s1. The lowest BCUT2D eigenvalue weighted by Gasteiger charge is -2.25. The van der Waals surface area contributed by atoms with E-state index in [9.17, 15) is 22.4 Å². The Balaban J connectivity index is 1.42. The zero-order valence-corrected chi connectivity index (χ0v) is 18.8. The fourth-order valence-electron chi connectivity index (χ4n) is 3.83. The number of carbonyl (C=O) groups is 2. The van der Waals surface area contributed by atoms with E-state index in [2.05, 4.69) is 5.32 Å². The number of benzene rings is 1. The van der Waals surface area contributed by atoms with Gasteiger partial charge < -0.3 is 9.64 Å². The molecule has 1 saturated heterocycles. The first-order chi connectivity index (χ1) is 14.7. The van der Waals surface area contributed by atoms with E-state index >= 15 is 0 Å². The molecule has 172 valence electrons. The van der Waals surface area contributed by atoms with Crippen LogP contribution in [-0.4, -0.2) is 56.5 Å². The highest BCUT2D eigenvalue weighted by molar-refractivity contribution is 7.91. The summed E-state index contributed by atoms with van der Waals surface area (Å²) in [4.78, 5) is 24.0. The Hall–Kier alpha value is -2.16. The van der Waals surface area contributed by atoms with Crippen molar-refractivity contribution in [1.29, 1.82) is 0 Å². The van der Waals surface area contributed by atoms with Gasteiger partial charge in [0.1, 0.15) is 6.54 Å². The van der Waals surface area contributed by atoms with E-state index in [1.165, 1.54) is 17.4 Å². The van der Waals surface area contributed by atoms with Gasteiger partial charge in [-0.25, -0.2) is 17.6 Å². The molecule has 1 aromatic carbocycles. The maximum Gasteiger partial charge on any atom is 0.324 e. The van der Waals surface area contributed by atoms with Gasteiger partial charge in [0.25, 0.3) is 0 Å². The molecule has 1 aromatic rings. The molecule has 0 unspecified atom stereocenters. The molecule has 0 aromatic heterocycles. The van der Waals surface area contributed by atoms with Gasteiger partial charge in [0.15, 0.2) is 21.4 Å². The predicted molar refractivity (Wildman–Crippen MR) is 115 cm³/mol. The van der Waals surface area contributed by atoms with E-state index in [-0.39, 0.29) is 41.7 Å². The number of unbranched alkanes of at least 4 members (excludes halogenated alkanes) is 2. The quantitative estimate of drug-likeness (QED) is 0.387. The Bertz CT molecular complexity index is 901. The molecule has 31 heavy (non-hydrogen) atoms. The summed E-state index contributed by atoms with van der Waals surface area (Å²) >= 11 is 0. The summed E-state index contributed by atoms with van der Waals surface area (Å²) < 4.78 is 44.7. The van der Waals surface area contributed by atoms with Crippen LogP contribution >= 0.6 is 0 Å². The third-order valence-electron chi connectivity index (χ3n) is 5.98. The molecule has 3 amide bonds. The van der Waals surface area contributed by atoms with Gasteiger partial charge in [-0.3, -0.25) is 10.1 Å². The van der Waals surface area contributed by atoms with Crippen LogP contribution < -0.4 is 10.1 Å². The zero-order valence-electron chi connectivity index (χ0n) is 17.9. The van der Waals surface area contributed by atoms with Crippen molar-refractivity contribution >= 4 is 21.8 Å². The Kier molecular flexibility index (Phi) is 7.91. The van der Waals surface area contributed by atoms with Crippen LogP contribution in [0.4, 0.5) is 9.18 Å². The van der Waals surface area contributed by atoms with Crippen molar-refractivity contribution < 1.29 is 27.1 Å². The summed E-state index contributed by atoms with van der Waals surface area (Å²) in [5.41, 5.74) is 0.748. The van der Waals surface area contributed by atoms with Crippen LogP contribution in [0.25, 0.3) is 0 Å². The number of rotatable bonds is 12. The van der Waals surface area contributed by atoms with Gasteiger partial charge in [-0.1, -0.05) is 25.8 Å². The maximum atomic E-state index is 14.0. The van der Waals surface area contributed by atoms with Crippen LogP contribution in [0.2, 0.25) is 0 Å². The molecule has 2 aliphatic rings. The molecule has 1 saturated carbocycles. The molecular formula is C22H31FN2O5S. The van der Waals surface area contributed by atoms with Gasteiger partial charge in [-0.2, -0.15) is 0 Å². The smallest absolute Gasteiger partial charge is 0.324 e. The second-order valence-electron chi connectivity index (χ2n) is 8.65. The number of ether oxygens (including phenoxy) is 1. The lowest BCUT2D eigenvalue weighted by molar-refractivity contribution is -0.118. The number of hydrogen-bond acceptors (Lipinski definition) is 5. The first kappa shape index (κ1) is 23.5. The number of nitrogens with zero attached hydrogens (tertiary/aromatic N) is 1. The highest BCUT2D eigenvalue weighted by atomic mass is 32.2. The normalized spacial score (nSPS) is 18.1. The fraction of sp³-hybridized carbons (Fsp3) is 0.636. The number of sulfone groups is 1. The van der Waals surface area contributed by atoms with Crippen LogP contribution in [0.3, 0.4) is 0 Å². The van der Waals surface area contributed by atoms with Crippen LogP contribution in [0.15, 0.2) is 18.2 Å². The van der Waals surface area contributed by atoms with Gasteiger partial charge in [-0.05, 0) is 55.2 Å². The number of carbonyl (C=O) groups excluding carboxylic acids is 2. The van der Waals surface area contributed by atoms with E-state index in [1.54, 1.807) is 12.1 Å². The molecule has 0 spiro atoms. The van der Waals surface area contributed by atoms with Crippen LogP contribution in [0.1, 0.15) is 56.9 Å². The molecule has 1 heterocycles. The highest BCUT2D eigenvalue weighted by Crippen LogP contribution is 2.29. The van der Waals surface area contributed by atoms with Crippen molar-refractivity contribution in [2.24, 2.45) is 5.92 Å². The molecule has 1 atom stereocenters. The molecule has 0 bridgehead atoms. The Labute approximate surface area is 183 Å². The Morgan fingerprint density at radius 1 is 1.23 bits per heavy atom. The summed E-state index contributed by atoms with van der Waals surface area (Å²) in [6.45, 7) is 2.83. The van der Waals surface area contributed by atoms with Crippen molar-refractivity contribution in [3.8, 4) is 5.75 Å². The number of hydrogen-bond donors (Lipinski definition) is 1. The summed E-state index contributed by atoms with van der Waals surface area (Å²) in [6.07, 6.45) is 5.21. The summed E-state index contributed by atoms with van der Waals surface area (Å²) in [5, 5.41) is 2.22. The minimum absolute atomic E-state index is 0.0102. The summed E-state index contributed by atoms with van der Waals surface area (Å²) in [7, 11) is -3.27. The lowest BCUT2D eigenvalue weighted by atomic mass is 9.86. The topological polar surface area (TPSA) is 92.8 Å². The molecule has 2 fully saturated rings. The summed E-state index contributed by atoms with van der Waals surface area (Å²) in [5.74, 6) is -0.265. The van der Waals surface area contributed by atoms with E-state index < -0.39 is 15.7 Å². The minimum Gasteiger partial charge on any atom is -0.490 e. The number of nitrogens with one attached hydrogen (secondary N) is 1. The molecule has 1 aliphatic carbocycles. The molecule has 3 rings (SSSR count). The first-order valence-corrected chi connectivity index (χ1v) is 12.8. The molecule has 7 nitrogen and oxygen atoms in total. The van der Waals surface area contributed by atoms with Gasteiger partial charge in [0.05, 0.1) is 18.1 Å². The first-order valence-electron chi connectivity index (χ1n) is 10.9. The van der Waals surface area contributed by atoms with Crippen molar-refractivity contribution in [2.75, 3.05) is 31.2 Å². The molecular weight excluding hydrogens is 423 g/mol. The van der Waals surface area contributed by atoms with E-state index in [4.69, 9.17) is 4.74 Å². The maximum absolute atomic E-state index is 14.0. The monoisotopic (exact) mass is 454 g/mol. The van der Waals surface area contributed by atoms with Crippen LogP contribution in [0.5, 0.6) is 5.75 Å². The second kappa shape index (κ2) is 10.4. The minimum atomic E-state index is -3.27. The lowest BCUT2D eigenvalue weighted by Crippen LogP contribution is -2.29. The Morgan fingerprint density at radius 3 is 2.65 bits per heavy atom. The summed E-state index contributed by atoms with van der Waals surface area (Å²) in [6, 6.07) is 4.19. The van der Waals surface area contributed by atoms with Crippen molar-refractivity contribution in [3.05, 3.63) is 29.6 Å². The van der Waals surface area contributed by atoms with Crippen LogP contribution in [-0.2, 0) is 14.6 Å². The van der Waals surface area contributed by atoms with Crippen molar-refractivity contribution in [1.82, 2.24) is 10.2 Å². The van der Waals surface area contributed by atoms with Crippen LogP contribution in [0, 0.1) is 11.7 Å².